The minimum absolute atomic E-state index is 0.00936. The van der Waals surface area contributed by atoms with Gasteiger partial charge in [-0.1, -0.05) is 6.92 Å². The van der Waals surface area contributed by atoms with Crippen molar-refractivity contribution in [1.82, 2.24) is 15.0 Å². The molecule has 8 heteroatoms. The highest BCUT2D eigenvalue weighted by atomic mass is 19.4. The van der Waals surface area contributed by atoms with Gasteiger partial charge in [0.05, 0.1) is 12.7 Å². The average Bonchev–Trinajstić information content (AvgIpc) is 2.61. The summed E-state index contributed by atoms with van der Waals surface area (Å²) in [6.07, 6.45) is -0.752. The molecule has 0 radical (unpaired) electrons. The number of morpholine rings is 1. The Morgan fingerprint density at radius 3 is 2.83 bits per heavy atom. The Morgan fingerprint density at radius 2 is 2.17 bits per heavy atom. The van der Waals surface area contributed by atoms with Crippen LogP contribution >= 0.6 is 0 Å². The van der Waals surface area contributed by atoms with Crippen LogP contribution in [0.25, 0.3) is 11.4 Å². The molecule has 3 rings (SSSR count). The molecule has 1 aliphatic rings. The van der Waals surface area contributed by atoms with Crippen molar-refractivity contribution in [3.63, 3.8) is 0 Å². The Hall–Kier alpha value is -2.22. The summed E-state index contributed by atoms with van der Waals surface area (Å²) in [5.74, 6) is 0.283. The van der Waals surface area contributed by atoms with Crippen molar-refractivity contribution >= 4 is 5.82 Å². The number of alkyl halides is 3. The highest BCUT2D eigenvalue weighted by Crippen LogP contribution is 2.32. The van der Waals surface area contributed by atoms with E-state index in [4.69, 9.17) is 4.74 Å². The summed E-state index contributed by atoms with van der Waals surface area (Å²) in [4.78, 5) is 13.7. The zero-order chi connectivity index (χ0) is 17.2. The lowest BCUT2D eigenvalue weighted by Crippen LogP contribution is -2.42. The maximum atomic E-state index is 13.2. The second kappa shape index (κ2) is 6.72. The molecular formula is C16H17F3N4O. The van der Waals surface area contributed by atoms with Gasteiger partial charge < -0.3 is 9.64 Å². The number of nitrogens with zero attached hydrogens (tertiary/aromatic N) is 4. The lowest BCUT2D eigenvalue weighted by Gasteiger charge is -2.33. The molecule has 1 saturated heterocycles. The van der Waals surface area contributed by atoms with E-state index in [-0.39, 0.29) is 17.7 Å². The van der Waals surface area contributed by atoms with Gasteiger partial charge in [-0.2, -0.15) is 13.2 Å². The van der Waals surface area contributed by atoms with Crippen LogP contribution in [0, 0.1) is 0 Å². The van der Waals surface area contributed by atoms with E-state index < -0.39 is 11.9 Å². The van der Waals surface area contributed by atoms with Gasteiger partial charge in [-0.25, -0.2) is 9.97 Å². The topological polar surface area (TPSA) is 51.1 Å². The average molecular weight is 338 g/mol. The van der Waals surface area contributed by atoms with Gasteiger partial charge in [0.2, 0.25) is 0 Å². The lowest BCUT2D eigenvalue weighted by atomic mass is 10.2. The maximum Gasteiger partial charge on any atom is 0.433 e. The second-order valence-electron chi connectivity index (χ2n) is 5.52. The third-order valence-corrected chi connectivity index (χ3v) is 3.84. The van der Waals surface area contributed by atoms with Crippen molar-refractivity contribution in [2.24, 2.45) is 0 Å². The fraction of sp³-hybridized carbons (Fsp3) is 0.438. The number of hydrogen-bond donors (Lipinski definition) is 0. The molecule has 2 aromatic heterocycles. The monoisotopic (exact) mass is 338 g/mol. The molecule has 5 nitrogen and oxygen atoms in total. The fourth-order valence-corrected chi connectivity index (χ4v) is 2.54. The van der Waals surface area contributed by atoms with Gasteiger partial charge in [-0.3, -0.25) is 4.98 Å². The molecule has 128 valence electrons. The molecule has 3 heterocycles. The van der Waals surface area contributed by atoms with Crippen LogP contribution in [-0.4, -0.2) is 40.8 Å². The summed E-state index contributed by atoms with van der Waals surface area (Å²) in [5.41, 5.74) is -0.504. The number of halogens is 3. The third-order valence-electron chi connectivity index (χ3n) is 3.84. The molecule has 0 bridgehead atoms. The highest BCUT2D eigenvalue weighted by Gasteiger charge is 2.34. The van der Waals surface area contributed by atoms with Gasteiger partial charge in [0.15, 0.2) is 11.5 Å². The van der Waals surface area contributed by atoms with Crippen LogP contribution in [0.3, 0.4) is 0 Å². The lowest BCUT2D eigenvalue weighted by molar-refractivity contribution is -0.141. The third kappa shape index (κ3) is 3.64. The zero-order valence-electron chi connectivity index (χ0n) is 13.1. The van der Waals surface area contributed by atoms with Crippen molar-refractivity contribution in [2.75, 3.05) is 24.6 Å². The van der Waals surface area contributed by atoms with E-state index in [0.717, 1.165) is 12.5 Å². The predicted molar refractivity (Wildman–Crippen MR) is 82.5 cm³/mol. The first-order chi connectivity index (χ1) is 11.5. The first kappa shape index (κ1) is 16.6. The van der Waals surface area contributed by atoms with Crippen molar-refractivity contribution in [2.45, 2.75) is 25.6 Å². The molecule has 24 heavy (non-hydrogen) atoms. The Bertz CT molecular complexity index is 693. The molecule has 1 atom stereocenters. The minimum atomic E-state index is -4.54. The maximum absolute atomic E-state index is 13.2. The van der Waals surface area contributed by atoms with Crippen molar-refractivity contribution in [1.29, 1.82) is 0 Å². The molecule has 0 unspecified atom stereocenters. The molecule has 0 saturated carbocycles. The number of pyridine rings is 1. The zero-order valence-corrected chi connectivity index (χ0v) is 13.1. The standard InChI is InChI=1S/C16H17F3N4O/c1-2-12-10-23(6-7-24-12)14-8-13(16(17,18)19)21-15(22-14)11-4-3-5-20-9-11/h3-5,8-9,12H,2,6-7,10H2,1H3/t12-/m0/s1. The number of rotatable bonds is 3. The van der Waals surface area contributed by atoms with Crippen molar-refractivity contribution in [3.8, 4) is 11.4 Å². The molecule has 1 fully saturated rings. The molecule has 0 spiro atoms. The summed E-state index contributed by atoms with van der Waals surface area (Å²) in [5, 5.41) is 0. The minimum Gasteiger partial charge on any atom is -0.375 e. The van der Waals surface area contributed by atoms with E-state index in [0.29, 0.717) is 25.3 Å². The first-order valence-electron chi connectivity index (χ1n) is 7.70. The van der Waals surface area contributed by atoms with E-state index >= 15 is 0 Å². The van der Waals surface area contributed by atoms with Gasteiger partial charge >= 0.3 is 6.18 Å². The molecule has 0 N–H and O–H groups in total. The van der Waals surface area contributed by atoms with E-state index in [1.165, 1.54) is 6.20 Å². The van der Waals surface area contributed by atoms with Crippen molar-refractivity contribution in [3.05, 3.63) is 36.3 Å². The number of aromatic nitrogens is 3. The van der Waals surface area contributed by atoms with Gasteiger partial charge in [0, 0.05) is 37.1 Å². The van der Waals surface area contributed by atoms with Crippen molar-refractivity contribution < 1.29 is 17.9 Å². The molecule has 0 amide bonds. The Morgan fingerprint density at radius 1 is 1.33 bits per heavy atom. The van der Waals surface area contributed by atoms with E-state index in [2.05, 4.69) is 15.0 Å². The Kier molecular flexibility index (Phi) is 4.66. The van der Waals surface area contributed by atoms with Crippen LogP contribution in [0.4, 0.5) is 19.0 Å². The molecule has 1 aliphatic heterocycles. The molecule has 2 aromatic rings. The van der Waals surface area contributed by atoms with Crippen LogP contribution < -0.4 is 4.90 Å². The fourth-order valence-electron chi connectivity index (χ4n) is 2.54. The summed E-state index contributed by atoms with van der Waals surface area (Å²) in [7, 11) is 0. The Balaban J connectivity index is 2.02. The van der Waals surface area contributed by atoms with E-state index in [9.17, 15) is 13.2 Å². The van der Waals surface area contributed by atoms with Crippen LogP contribution in [0.2, 0.25) is 0 Å². The van der Waals surface area contributed by atoms with Gasteiger partial charge in [-0.15, -0.1) is 0 Å². The number of hydrogen-bond acceptors (Lipinski definition) is 5. The van der Waals surface area contributed by atoms with Gasteiger partial charge in [-0.05, 0) is 18.6 Å². The predicted octanol–water partition coefficient (Wildman–Crippen LogP) is 3.17. The second-order valence-corrected chi connectivity index (χ2v) is 5.52. The van der Waals surface area contributed by atoms with Crippen LogP contribution in [0.1, 0.15) is 19.0 Å². The molecule has 0 aliphatic carbocycles. The SMILES string of the molecule is CC[C@H]1CN(c2cc(C(F)(F)F)nc(-c3cccnc3)n2)CCO1. The molecule has 0 aromatic carbocycles. The number of anilines is 1. The van der Waals surface area contributed by atoms with Gasteiger partial charge in [0.25, 0.3) is 0 Å². The summed E-state index contributed by atoms with van der Waals surface area (Å²) in [6.45, 7) is 3.46. The summed E-state index contributed by atoms with van der Waals surface area (Å²) in [6, 6.07) is 4.28. The van der Waals surface area contributed by atoms with Crippen LogP contribution in [0.5, 0.6) is 0 Å². The van der Waals surface area contributed by atoms with Crippen LogP contribution in [0.15, 0.2) is 30.6 Å². The Labute approximate surface area is 137 Å². The van der Waals surface area contributed by atoms with Crippen LogP contribution in [-0.2, 0) is 10.9 Å². The van der Waals surface area contributed by atoms with E-state index in [1.54, 1.807) is 18.3 Å². The summed E-state index contributed by atoms with van der Waals surface area (Å²) < 4.78 is 45.2. The van der Waals surface area contributed by atoms with E-state index in [1.807, 2.05) is 11.8 Å². The smallest absolute Gasteiger partial charge is 0.375 e. The largest absolute Gasteiger partial charge is 0.433 e. The first-order valence-corrected chi connectivity index (χ1v) is 7.70. The summed E-state index contributed by atoms with van der Waals surface area (Å²) >= 11 is 0. The highest BCUT2D eigenvalue weighted by molar-refractivity contribution is 5.57. The van der Waals surface area contributed by atoms with Gasteiger partial charge in [0.1, 0.15) is 5.82 Å². The number of ether oxygens (including phenoxy) is 1. The molecular weight excluding hydrogens is 321 g/mol. The quantitative estimate of drug-likeness (QED) is 0.860. The normalized spacial score (nSPS) is 18.7.